The van der Waals surface area contributed by atoms with Crippen LogP contribution in [0, 0.1) is 29.1 Å². The van der Waals surface area contributed by atoms with E-state index in [4.69, 9.17) is 0 Å². The summed E-state index contributed by atoms with van der Waals surface area (Å²) in [4.78, 5) is 11.9. The molecule has 0 amide bonds. The lowest BCUT2D eigenvalue weighted by molar-refractivity contribution is -0.120. The first-order valence-corrected chi connectivity index (χ1v) is 9.10. The molecule has 0 N–H and O–H groups in total. The molecule has 0 saturated heterocycles. The average molecular weight is 276 g/mol. The van der Waals surface area contributed by atoms with Gasteiger partial charge >= 0.3 is 0 Å². The Balaban J connectivity index is 1.74. The Bertz CT molecular complexity index is 361. The Labute approximate surface area is 124 Å². The van der Waals surface area contributed by atoms with Gasteiger partial charge in [-0.1, -0.05) is 26.7 Å². The zero-order chi connectivity index (χ0) is 14.2. The maximum Gasteiger partial charge on any atom is 0.133 e. The minimum absolute atomic E-state index is 0.525. The van der Waals surface area contributed by atoms with E-state index >= 15 is 0 Å². The van der Waals surface area contributed by atoms with Crippen LogP contribution in [0.3, 0.4) is 0 Å². The second-order valence-corrected chi connectivity index (χ2v) is 8.43. The third-order valence-electron chi connectivity index (χ3n) is 6.97. The molecule has 3 rings (SSSR count). The van der Waals surface area contributed by atoms with Gasteiger partial charge < -0.3 is 0 Å². The predicted molar refractivity (Wildman–Crippen MR) is 83.5 cm³/mol. The summed E-state index contributed by atoms with van der Waals surface area (Å²) in [6, 6.07) is 0. The summed E-state index contributed by atoms with van der Waals surface area (Å²) in [6.45, 7) is 4.87. The molecule has 0 spiro atoms. The fourth-order valence-electron chi connectivity index (χ4n) is 5.79. The average Bonchev–Trinajstić information content (AvgIpc) is 2.79. The summed E-state index contributed by atoms with van der Waals surface area (Å²) >= 11 is 0. The quantitative estimate of drug-likeness (QED) is 0.580. The fraction of sp³-hybridized carbons (Fsp3) is 0.947. The van der Waals surface area contributed by atoms with Crippen LogP contribution < -0.4 is 0 Å². The van der Waals surface area contributed by atoms with Crippen LogP contribution in [0.4, 0.5) is 0 Å². The van der Waals surface area contributed by atoms with Gasteiger partial charge in [-0.3, -0.25) is 4.79 Å². The molecule has 0 radical (unpaired) electrons. The van der Waals surface area contributed by atoms with Gasteiger partial charge in [0.25, 0.3) is 0 Å². The number of fused-ring (bicyclic) bond motifs is 3. The highest BCUT2D eigenvalue weighted by molar-refractivity contribution is 5.78. The van der Waals surface area contributed by atoms with Crippen LogP contribution >= 0.6 is 0 Å². The molecule has 3 aliphatic rings. The van der Waals surface area contributed by atoms with Crippen LogP contribution in [0.1, 0.15) is 84.5 Å². The fourth-order valence-corrected chi connectivity index (χ4v) is 5.79. The molecule has 20 heavy (non-hydrogen) atoms. The molecular weight excluding hydrogens is 244 g/mol. The number of ketones is 1. The van der Waals surface area contributed by atoms with E-state index in [1.165, 1.54) is 51.4 Å². The highest BCUT2D eigenvalue weighted by Gasteiger charge is 2.48. The Hall–Kier alpha value is -0.330. The topological polar surface area (TPSA) is 17.1 Å². The third kappa shape index (κ3) is 2.83. The van der Waals surface area contributed by atoms with Crippen LogP contribution in [-0.4, -0.2) is 5.78 Å². The van der Waals surface area contributed by atoms with Crippen molar-refractivity contribution in [3.63, 3.8) is 0 Å². The van der Waals surface area contributed by atoms with Gasteiger partial charge in [-0.25, -0.2) is 0 Å². The van der Waals surface area contributed by atoms with Crippen molar-refractivity contribution < 1.29 is 4.79 Å². The Kier molecular flexibility index (Phi) is 4.24. The summed E-state index contributed by atoms with van der Waals surface area (Å²) in [6.07, 6.45) is 14.2. The first-order chi connectivity index (χ1) is 9.58. The van der Waals surface area contributed by atoms with E-state index in [1.807, 2.05) is 0 Å². The molecule has 5 atom stereocenters. The summed E-state index contributed by atoms with van der Waals surface area (Å²) in [5.74, 6) is 4.06. The van der Waals surface area contributed by atoms with Crippen molar-refractivity contribution in [2.75, 3.05) is 0 Å². The predicted octanol–water partition coefficient (Wildman–Crippen LogP) is 5.38. The van der Waals surface area contributed by atoms with Gasteiger partial charge in [0.15, 0.2) is 0 Å². The van der Waals surface area contributed by atoms with Crippen molar-refractivity contribution in [1.82, 2.24) is 0 Å². The molecule has 0 aromatic rings. The molecule has 0 aromatic carbocycles. The first-order valence-electron chi connectivity index (χ1n) is 9.10. The van der Waals surface area contributed by atoms with E-state index in [0.717, 1.165) is 37.0 Å². The molecule has 114 valence electrons. The lowest BCUT2D eigenvalue weighted by Crippen LogP contribution is -2.38. The largest absolute Gasteiger partial charge is 0.300 e. The first kappa shape index (κ1) is 14.6. The lowest BCUT2D eigenvalue weighted by atomic mass is 9.58. The van der Waals surface area contributed by atoms with Crippen LogP contribution in [0.25, 0.3) is 0 Å². The maximum atomic E-state index is 11.9. The van der Waals surface area contributed by atoms with Crippen molar-refractivity contribution in [3.05, 3.63) is 0 Å². The number of carbonyl (C=O) groups is 1. The van der Waals surface area contributed by atoms with E-state index < -0.39 is 0 Å². The third-order valence-corrected chi connectivity index (χ3v) is 6.97. The monoisotopic (exact) mass is 276 g/mol. The molecule has 3 fully saturated rings. The van der Waals surface area contributed by atoms with Crippen LogP contribution in [0.15, 0.2) is 0 Å². The molecule has 4 unspecified atom stereocenters. The number of rotatable bonds is 0. The van der Waals surface area contributed by atoms with Gasteiger partial charge in [0.1, 0.15) is 5.78 Å². The lowest BCUT2D eigenvalue weighted by Gasteiger charge is -2.47. The second kappa shape index (κ2) is 5.81. The van der Waals surface area contributed by atoms with Gasteiger partial charge in [-0.05, 0) is 74.0 Å². The molecule has 0 aliphatic heterocycles. The van der Waals surface area contributed by atoms with Crippen molar-refractivity contribution in [3.8, 4) is 0 Å². The molecule has 3 saturated carbocycles. The highest BCUT2D eigenvalue weighted by atomic mass is 16.1. The molecule has 1 nitrogen and oxygen atoms in total. The van der Waals surface area contributed by atoms with Crippen molar-refractivity contribution in [2.45, 2.75) is 84.5 Å². The minimum atomic E-state index is 0.525. The number of hydrogen-bond acceptors (Lipinski definition) is 1. The number of carbonyl (C=O) groups excluding carboxylic acids is 1. The van der Waals surface area contributed by atoms with E-state index in [0.29, 0.717) is 17.1 Å². The molecule has 3 aliphatic carbocycles. The Morgan fingerprint density at radius 3 is 2.70 bits per heavy atom. The SMILES string of the molecule is CC1CCC2C(CCCC(=O)C1)CC[C@]1(C)CCCC21. The number of Topliss-reactive ketones (excluding diaryl/α,β-unsaturated/α-hetero) is 1. The second-order valence-electron chi connectivity index (χ2n) is 8.43. The van der Waals surface area contributed by atoms with E-state index in [-0.39, 0.29) is 0 Å². The summed E-state index contributed by atoms with van der Waals surface area (Å²) < 4.78 is 0. The van der Waals surface area contributed by atoms with Crippen molar-refractivity contribution in [1.29, 1.82) is 0 Å². The molecular formula is C19H32O. The minimum Gasteiger partial charge on any atom is -0.300 e. The molecule has 0 heterocycles. The smallest absolute Gasteiger partial charge is 0.133 e. The summed E-state index contributed by atoms with van der Waals surface area (Å²) in [7, 11) is 0. The Morgan fingerprint density at radius 2 is 1.85 bits per heavy atom. The van der Waals surface area contributed by atoms with Crippen LogP contribution in [0.5, 0.6) is 0 Å². The van der Waals surface area contributed by atoms with Gasteiger partial charge in [0.05, 0.1) is 0 Å². The van der Waals surface area contributed by atoms with E-state index in [1.54, 1.807) is 0 Å². The Morgan fingerprint density at radius 1 is 1.00 bits per heavy atom. The van der Waals surface area contributed by atoms with Crippen molar-refractivity contribution >= 4 is 5.78 Å². The van der Waals surface area contributed by atoms with Crippen LogP contribution in [-0.2, 0) is 4.79 Å². The zero-order valence-electron chi connectivity index (χ0n) is 13.5. The maximum absolute atomic E-state index is 11.9. The number of hydrogen-bond donors (Lipinski definition) is 0. The van der Waals surface area contributed by atoms with E-state index in [9.17, 15) is 4.79 Å². The normalized spacial score (nSPS) is 46.6. The highest BCUT2D eigenvalue weighted by Crippen LogP contribution is 2.58. The van der Waals surface area contributed by atoms with E-state index in [2.05, 4.69) is 13.8 Å². The van der Waals surface area contributed by atoms with Gasteiger partial charge in [-0.2, -0.15) is 0 Å². The van der Waals surface area contributed by atoms with Crippen molar-refractivity contribution in [2.24, 2.45) is 29.1 Å². The molecule has 0 aromatic heterocycles. The van der Waals surface area contributed by atoms with Gasteiger partial charge in [-0.15, -0.1) is 0 Å². The van der Waals surface area contributed by atoms with Crippen LogP contribution in [0.2, 0.25) is 0 Å². The molecule has 1 heteroatoms. The summed E-state index contributed by atoms with van der Waals surface area (Å²) in [5.41, 5.74) is 0.671. The van der Waals surface area contributed by atoms with Gasteiger partial charge in [0.2, 0.25) is 0 Å². The van der Waals surface area contributed by atoms with Gasteiger partial charge in [0, 0.05) is 12.8 Å². The summed E-state index contributed by atoms with van der Waals surface area (Å²) in [5, 5.41) is 0. The standard InChI is InChI=1S/C19H32O/c1-14-8-9-17-15(5-3-6-16(20)13-14)10-12-19(2)11-4-7-18(17)19/h14-15,17-18H,3-13H2,1-2H3/t14?,15?,17?,18?,19-/m0/s1. The zero-order valence-corrected chi connectivity index (χ0v) is 13.5. The molecule has 0 bridgehead atoms.